The summed E-state index contributed by atoms with van der Waals surface area (Å²) in [6, 6.07) is 12.1. The second-order valence-electron chi connectivity index (χ2n) is 10.9. The van der Waals surface area contributed by atoms with Gasteiger partial charge in [-0.3, -0.25) is 4.79 Å². The Bertz CT molecular complexity index is 1300. The molecular weight excluding hydrogens is 474 g/mol. The van der Waals surface area contributed by atoms with Crippen LogP contribution >= 0.6 is 0 Å². The van der Waals surface area contributed by atoms with Crippen molar-refractivity contribution in [3.05, 3.63) is 71.0 Å². The third-order valence-electron chi connectivity index (χ3n) is 8.59. The van der Waals surface area contributed by atoms with Crippen molar-refractivity contribution in [1.82, 2.24) is 4.90 Å². The highest BCUT2D eigenvalue weighted by Crippen LogP contribution is 2.65. The highest BCUT2D eigenvalue weighted by molar-refractivity contribution is 5.82. The minimum absolute atomic E-state index is 0.000884. The van der Waals surface area contributed by atoms with Gasteiger partial charge in [-0.05, 0) is 44.1 Å². The second kappa shape index (κ2) is 8.33. The summed E-state index contributed by atoms with van der Waals surface area (Å²) in [7, 11) is 2.01. The van der Waals surface area contributed by atoms with E-state index in [-0.39, 0.29) is 24.0 Å². The molecule has 2 unspecified atom stereocenters. The van der Waals surface area contributed by atoms with E-state index in [0.717, 1.165) is 17.7 Å². The molecule has 6 rings (SSSR count). The summed E-state index contributed by atoms with van der Waals surface area (Å²) in [5.41, 5.74) is 0.317. The number of likely N-dealkylation sites (N-methyl/N-ethyl adjacent to an activating group) is 1. The summed E-state index contributed by atoms with van der Waals surface area (Å²) in [6.45, 7) is 4.13. The van der Waals surface area contributed by atoms with Gasteiger partial charge in [-0.1, -0.05) is 50.2 Å². The number of piperidine rings is 1. The van der Waals surface area contributed by atoms with Gasteiger partial charge in [-0.25, -0.2) is 4.79 Å². The molecule has 2 aromatic carbocycles. The van der Waals surface area contributed by atoms with E-state index in [1.165, 1.54) is 0 Å². The van der Waals surface area contributed by atoms with E-state index in [4.69, 9.17) is 14.2 Å². The number of nitrogens with zero attached hydrogens (tertiary/aromatic N) is 1. The number of rotatable bonds is 5. The number of phenolic OH excluding ortho intramolecular Hbond substituents is 1. The number of carbonyl (C=O) groups is 2. The molecule has 2 aromatic rings. The Morgan fingerprint density at radius 3 is 2.62 bits per heavy atom. The van der Waals surface area contributed by atoms with Gasteiger partial charge in [0.05, 0.1) is 16.9 Å². The molecule has 2 N–H and O–H groups in total. The van der Waals surface area contributed by atoms with Gasteiger partial charge in [0.15, 0.2) is 17.6 Å². The highest BCUT2D eigenvalue weighted by atomic mass is 16.6. The lowest BCUT2D eigenvalue weighted by Gasteiger charge is -2.61. The van der Waals surface area contributed by atoms with E-state index in [1.807, 2.05) is 19.2 Å². The van der Waals surface area contributed by atoms with Crippen molar-refractivity contribution in [2.75, 3.05) is 13.6 Å². The van der Waals surface area contributed by atoms with Crippen molar-refractivity contribution in [3.8, 4) is 11.5 Å². The lowest BCUT2D eigenvalue weighted by atomic mass is 9.50. The van der Waals surface area contributed by atoms with Crippen LogP contribution in [-0.4, -0.2) is 58.4 Å². The number of hydrogen-bond donors (Lipinski definition) is 2. The fourth-order valence-electron chi connectivity index (χ4n) is 6.74. The molecule has 0 radical (unpaired) electrons. The monoisotopic (exact) mass is 505 g/mol. The maximum absolute atomic E-state index is 13.5. The first kappa shape index (κ1) is 24.0. The van der Waals surface area contributed by atoms with Crippen LogP contribution in [0.1, 0.15) is 49.5 Å². The van der Waals surface area contributed by atoms with Gasteiger partial charge in [-0.2, -0.15) is 0 Å². The van der Waals surface area contributed by atoms with Crippen LogP contribution in [0.3, 0.4) is 0 Å². The largest absolute Gasteiger partial charge is 0.504 e. The number of carbonyl (C=O) groups excluding carboxylic acids is 2. The Morgan fingerprint density at radius 2 is 1.89 bits per heavy atom. The average molecular weight is 506 g/mol. The number of phenols is 1. The lowest BCUT2D eigenvalue weighted by molar-refractivity contribution is -0.177. The third-order valence-corrected chi connectivity index (χ3v) is 8.59. The van der Waals surface area contributed by atoms with E-state index in [2.05, 4.69) is 4.90 Å². The van der Waals surface area contributed by atoms with Gasteiger partial charge in [0.25, 0.3) is 0 Å². The summed E-state index contributed by atoms with van der Waals surface area (Å²) >= 11 is 0. The molecule has 1 saturated heterocycles. The van der Waals surface area contributed by atoms with E-state index < -0.39 is 41.1 Å². The van der Waals surface area contributed by atoms with Crippen molar-refractivity contribution in [2.24, 2.45) is 5.92 Å². The van der Waals surface area contributed by atoms with Crippen molar-refractivity contribution < 1.29 is 34.0 Å². The number of esters is 2. The van der Waals surface area contributed by atoms with Crippen molar-refractivity contribution in [3.63, 3.8) is 0 Å². The lowest BCUT2D eigenvalue weighted by Crippen LogP contribution is -2.74. The predicted octanol–water partition coefficient (Wildman–Crippen LogP) is 3.15. The summed E-state index contributed by atoms with van der Waals surface area (Å²) in [5, 5.41) is 22.9. The third kappa shape index (κ3) is 3.28. The molecule has 0 amide bonds. The number of benzene rings is 2. The number of aliphatic hydroxyl groups is 1. The van der Waals surface area contributed by atoms with Gasteiger partial charge in [-0.15, -0.1) is 0 Å². The van der Waals surface area contributed by atoms with Gasteiger partial charge >= 0.3 is 11.9 Å². The standard InChI is InChI=1S/C29H31NO7/c1-16(2)26(32)37-23(17-7-5-4-6-8-17)27(33)35-20-11-12-29(34)21-15-18-9-10-19(31)24-22(18)28(29,25(20)36-24)13-14-30(21)3/h4-11,16,21,23,25,31,34H,12-15H2,1-3H3/t21-,23+,25?,28?,29-/m1/s1. The molecule has 8 heteroatoms. The molecule has 2 heterocycles. The predicted molar refractivity (Wildman–Crippen MR) is 133 cm³/mol. The van der Waals surface area contributed by atoms with Crippen LogP contribution in [-0.2, 0) is 30.9 Å². The summed E-state index contributed by atoms with van der Waals surface area (Å²) in [4.78, 5) is 28.2. The molecule has 4 aliphatic rings. The number of aromatic hydroxyl groups is 1. The second-order valence-corrected chi connectivity index (χ2v) is 10.9. The van der Waals surface area contributed by atoms with Gasteiger partial charge in [0.2, 0.25) is 6.10 Å². The zero-order chi connectivity index (χ0) is 26.1. The van der Waals surface area contributed by atoms with Crippen LogP contribution < -0.4 is 4.74 Å². The van der Waals surface area contributed by atoms with Crippen molar-refractivity contribution in [2.45, 2.75) is 62.4 Å². The fraction of sp³-hybridized carbons (Fsp3) is 0.448. The molecule has 1 fully saturated rings. The summed E-state index contributed by atoms with van der Waals surface area (Å²) in [6.07, 6.45) is 1.14. The average Bonchev–Trinajstić information content (AvgIpc) is 3.24. The maximum Gasteiger partial charge on any atom is 0.357 e. The van der Waals surface area contributed by atoms with Crippen LogP contribution in [0.15, 0.2) is 54.3 Å². The van der Waals surface area contributed by atoms with Crippen LogP contribution in [0.2, 0.25) is 0 Å². The van der Waals surface area contributed by atoms with Crippen molar-refractivity contribution in [1.29, 1.82) is 0 Å². The first-order valence-electron chi connectivity index (χ1n) is 12.8. The molecule has 5 atom stereocenters. The van der Waals surface area contributed by atoms with Crippen LogP contribution in [0, 0.1) is 5.92 Å². The Kier molecular flexibility index (Phi) is 5.40. The number of hydrogen-bond acceptors (Lipinski definition) is 8. The summed E-state index contributed by atoms with van der Waals surface area (Å²) in [5.74, 6) is -1.06. The molecule has 2 bridgehead atoms. The molecule has 1 spiro atoms. The molecule has 8 nitrogen and oxygen atoms in total. The van der Waals surface area contributed by atoms with Crippen LogP contribution in [0.5, 0.6) is 11.5 Å². The Morgan fingerprint density at radius 1 is 1.14 bits per heavy atom. The molecule has 37 heavy (non-hydrogen) atoms. The Labute approximate surface area is 215 Å². The zero-order valence-electron chi connectivity index (χ0n) is 21.1. The summed E-state index contributed by atoms with van der Waals surface area (Å²) < 4.78 is 17.9. The molecule has 194 valence electrons. The Balaban J connectivity index is 1.39. The number of ether oxygens (including phenoxy) is 3. The molecule has 2 aliphatic carbocycles. The SMILES string of the molecule is CC(C)C(=O)O[C@H](C(=O)OC1=CC[C@@]2(O)[C@H]3Cc4ccc(O)c5c4C2(CCN3C)C1O5)c1ccccc1. The first-order chi connectivity index (χ1) is 17.7. The topological polar surface area (TPSA) is 106 Å². The van der Waals surface area contributed by atoms with Gasteiger partial charge in [0.1, 0.15) is 5.76 Å². The molecule has 0 aromatic heterocycles. The highest BCUT2D eigenvalue weighted by Gasteiger charge is 2.72. The minimum atomic E-state index is -1.25. The quantitative estimate of drug-likeness (QED) is 0.597. The van der Waals surface area contributed by atoms with E-state index in [1.54, 1.807) is 50.3 Å². The zero-order valence-corrected chi connectivity index (χ0v) is 21.1. The van der Waals surface area contributed by atoms with Crippen LogP contribution in [0.4, 0.5) is 0 Å². The van der Waals surface area contributed by atoms with Crippen molar-refractivity contribution >= 4 is 11.9 Å². The minimum Gasteiger partial charge on any atom is -0.504 e. The van der Waals surface area contributed by atoms with Gasteiger partial charge in [0, 0.05) is 23.6 Å². The molecular formula is C29H31NO7. The van der Waals surface area contributed by atoms with Crippen LogP contribution in [0.25, 0.3) is 0 Å². The first-order valence-corrected chi connectivity index (χ1v) is 12.8. The van der Waals surface area contributed by atoms with E-state index >= 15 is 0 Å². The number of likely N-dealkylation sites (tertiary alicyclic amines) is 1. The smallest absolute Gasteiger partial charge is 0.357 e. The van der Waals surface area contributed by atoms with Gasteiger partial charge < -0.3 is 29.3 Å². The van der Waals surface area contributed by atoms with E-state index in [0.29, 0.717) is 24.2 Å². The molecule has 2 aliphatic heterocycles. The normalized spacial score (nSPS) is 30.1. The fourth-order valence-corrected chi connectivity index (χ4v) is 6.74. The Hall–Kier alpha value is -3.36. The maximum atomic E-state index is 13.5. The van der Waals surface area contributed by atoms with E-state index in [9.17, 15) is 19.8 Å². The molecule has 0 saturated carbocycles.